The molecule has 1 rings (SSSR count). The van der Waals surface area contributed by atoms with Gasteiger partial charge < -0.3 is 5.32 Å². The average Bonchev–Trinajstić information content (AvgIpc) is 2.19. The van der Waals surface area contributed by atoms with Gasteiger partial charge in [0.25, 0.3) is 0 Å². The van der Waals surface area contributed by atoms with Gasteiger partial charge in [-0.15, -0.1) is 0 Å². The van der Waals surface area contributed by atoms with Crippen molar-refractivity contribution in [1.29, 1.82) is 0 Å². The molecular weight excluding hydrogens is 274 g/mol. The third-order valence-corrected chi connectivity index (χ3v) is 4.19. The molecule has 1 aromatic rings. The second-order valence-electron chi connectivity index (χ2n) is 5.99. The Labute approximate surface area is 114 Å². The van der Waals surface area contributed by atoms with Gasteiger partial charge in [-0.2, -0.15) is 0 Å². The third kappa shape index (κ3) is 4.81. The van der Waals surface area contributed by atoms with Crippen LogP contribution in [0.5, 0.6) is 0 Å². The van der Waals surface area contributed by atoms with E-state index in [4.69, 9.17) is 0 Å². The van der Waals surface area contributed by atoms with E-state index in [0.29, 0.717) is 11.3 Å². The molecule has 1 N–H and O–H groups in total. The molecule has 0 radical (unpaired) electrons. The number of nitrogens with one attached hydrogen (secondary N) is 1. The Kier molecular flexibility index (Phi) is 5.21. The average molecular weight is 298 g/mol. The Balaban J connectivity index is 2.46. The molecular formula is C15H24BrN. The summed E-state index contributed by atoms with van der Waals surface area (Å²) in [6.45, 7) is 13.3. The molecule has 0 aliphatic carbocycles. The molecule has 17 heavy (non-hydrogen) atoms. The smallest absolute Gasteiger partial charge is 0.0222 e. The summed E-state index contributed by atoms with van der Waals surface area (Å²) in [7, 11) is 0. The molecule has 2 heteroatoms. The standard InChI is InChI=1S/C15H24BrN/c1-11-6-7-13(14(16)8-11)10-17-9-12(2)15(3,4)5/h6-8,12,17H,9-10H2,1-5H3. The van der Waals surface area contributed by atoms with Crippen molar-refractivity contribution in [2.24, 2.45) is 11.3 Å². The van der Waals surface area contributed by atoms with Gasteiger partial charge in [0.1, 0.15) is 0 Å². The summed E-state index contributed by atoms with van der Waals surface area (Å²) < 4.78 is 1.20. The SMILES string of the molecule is Cc1ccc(CNCC(C)C(C)(C)C)c(Br)c1. The monoisotopic (exact) mass is 297 g/mol. The Morgan fingerprint density at radius 2 is 1.94 bits per heavy atom. The zero-order chi connectivity index (χ0) is 13.1. The van der Waals surface area contributed by atoms with Crippen LogP contribution in [0.1, 0.15) is 38.8 Å². The fourth-order valence-corrected chi connectivity index (χ4v) is 2.16. The Bertz CT molecular complexity index is 366. The molecule has 1 aromatic carbocycles. The fourth-order valence-electron chi connectivity index (χ4n) is 1.53. The minimum absolute atomic E-state index is 0.373. The van der Waals surface area contributed by atoms with Crippen LogP contribution in [-0.4, -0.2) is 6.54 Å². The van der Waals surface area contributed by atoms with E-state index in [9.17, 15) is 0 Å². The number of aryl methyl sites for hydroxylation is 1. The molecule has 96 valence electrons. The van der Waals surface area contributed by atoms with Gasteiger partial charge in [-0.25, -0.2) is 0 Å². The first-order valence-corrected chi connectivity index (χ1v) is 7.05. The quantitative estimate of drug-likeness (QED) is 0.861. The molecule has 0 heterocycles. The lowest BCUT2D eigenvalue weighted by Gasteiger charge is -2.27. The molecule has 0 amide bonds. The van der Waals surface area contributed by atoms with Crippen LogP contribution in [0.25, 0.3) is 0 Å². The molecule has 0 aromatic heterocycles. The summed E-state index contributed by atoms with van der Waals surface area (Å²) in [4.78, 5) is 0. The van der Waals surface area contributed by atoms with Gasteiger partial charge in [0.2, 0.25) is 0 Å². The lowest BCUT2D eigenvalue weighted by atomic mass is 9.82. The largest absolute Gasteiger partial charge is 0.312 e. The van der Waals surface area contributed by atoms with Crippen LogP contribution in [0.4, 0.5) is 0 Å². The summed E-state index contributed by atoms with van der Waals surface area (Å²) in [5.41, 5.74) is 3.00. The first-order chi connectivity index (χ1) is 7.80. The van der Waals surface area contributed by atoms with E-state index in [1.165, 1.54) is 15.6 Å². The molecule has 1 unspecified atom stereocenters. The fraction of sp³-hybridized carbons (Fsp3) is 0.600. The Morgan fingerprint density at radius 1 is 1.29 bits per heavy atom. The zero-order valence-electron chi connectivity index (χ0n) is 11.6. The van der Waals surface area contributed by atoms with E-state index >= 15 is 0 Å². The van der Waals surface area contributed by atoms with Crippen LogP contribution < -0.4 is 5.32 Å². The minimum atomic E-state index is 0.373. The van der Waals surface area contributed by atoms with Gasteiger partial charge >= 0.3 is 0 Å². The Hall–Kier alpha value is -0.340. The molecule has 0 saturated carbocycles. The predicted molar refractivity (Wildman–Crippen MR) is 79.2 cm³/mol. The van der Waals surface area contributed by atoms with Crippen LogP contribution in [0.15, 0.2) is 22.7 Å². The van der Waals surface area contributed by atoms with Crippen molar-refractivity contribution in [2.75, 3.05) is 6.54 Å². The maximum Gasteiger partial charge on any atom is 0.0222 e. The molecule has 0 fully saturated rings. The van der Waals surface area contributed by atoms with E-state index in [-0.39, 0.29) is 0 Å². The van der Waals surface area contributed by atoms with E-state index < -0.39 is 0 Å². The summed E-state index contributed by atoms with van der Waals surface area (Å²) in [5, 5.41) is 3.54. The van der Waals surface area contributed by atoms with Crippen LogP contribution >= 0.6 is 15.9 Å². The highest BCUT2D eigenvalue weighted by molar-refractivity contribution is 9.10. The van der Waals surface area contributed by atoms with Crippen LogP contribution in [0.3, 0.4) is 0 Å². The second-order valence-corrected chi connectivity index (χ2v) is 6.85. The summed E-state index contributed by atoms with van der Waals surface area (Å²) in [6.07, 6.45) is 0. The predicted octanol–water partition coefficient (Wildman–Crippen LogP) is 4.53. The van der Waals surface area contributed by atoms with E-state index in [1.54, 1.807) is 0 Å². The lowest BCUT2D eigenvalue weighted by Crippen LogP contribution is -2.29. The van der Waals surface area contributed by atoms with Crippen molar-refractivity contribution in [3.8, 4) is 0 Å². The zero-order valence-corrected chi connectivity index (χ0v) is 13.2. The van der Waals surface area contributed by atoms with Crippen molar-refractivity contribution in [3.63, 3.8) is 0 Å². The Morgan fingerprint density at radius 3 is 2.47 bits per heavy atom. The highest BCUT2D eigenvalue weighted by Gasteiger charge is 2.19. The maximum atomic E-state index is 3.61. The number of hydrogen-bond donors (Lipinski definition) is 1. The first kappa shape index (κ1) is 14.7. The summed E-state index contributed by atoms with van der Waals surface area (Å²) in [6, 6.07) is 6.52. The normalized spacial score (nSPS) is 13.8. The van der Waals surface area contributed by atoms with Gasteiger partial charge in [0.15, 0.2) is 0 Å². The number of halogens is 1. The molecule has 0 aliphatic heterocycles. The van der Waals surface area contributed by atoms with E-state index in [1.807, 2.05) is 0 Å². The summed E-state index contributed by atoms with van der Waals surface area (Å²) >= 11 is 3.61. The van der Waals surface area contributed by atoms with Gasteiger partial charge in [-0.3, -0.25) is 0 Å². The van der Waals surface area contributed by atoms with Crippen LogP contribution in [0, 0.1) is 18.3 Å². The van der Waals surface area contributed by atoms with Gasteiger partial charge in [0, 0.05) is 11.0 Å². The van der Waals surface area contributed by atoms with E-state index in [2.05, 4.69) is 74.1 Å². The van der Waals surface area contributed by atoms with Crippen LogP contribution in [0.2, 0.25) is 0 Å². The van der Waals surface area contributed by atoms with Crippen LogP contribution in [-0.2, 0) is 6.54 Å². The van der Waals surface area contributed by atoms with Gasteiger partial charge in [0.05, 0.1) is 0 Å². The van der Waals surface area contributed by atoms with Crippen molar-refractivity contribution < 1.29 is 0 Å². The molecule has 0 saturated heterocycles. The number of rotatable bonds is 4. The van der Waals surface area contributed by atoms with Crippen molar-refractivity contribution in [3.05, 3.63) is 33.8 Å². The minimum Gasteiger partial charge on any atom is -0.312 e. The van der Waals surface area contributed by atoms with Crippen molar-refractivity contribution >= 4 is 15.9 Å². The number of hydrogen-bond acceptors (Lipinski definition) is 1. The second kappa shape index (κ2) is 6.01. The van der Waals surface area contributed by atoms with Gasteiger partial charge in [-0.05, 0) is 42.0 Å². The molecule has 1 nitrogen and oxygen atoms in total. The highest BCUT2D eigenvalue weighted by Crippen LogP contribution is 2.24. The molecule has 1 atom stereocenters. The first-order valence-electron chi connectivity index (χ1n) is 6.26. The highest BCUT2D eigenvalue weighted by atomic mass is 79.9. The topological polar surface area (TPSA) is 12.0 Å². The molecule has 0 bridgehead atoms. The molecule has 0 aliphatic rings. The third-order valence-electron chi connectivity index (χ3n) is 3.45. The number of benzene rings is 1. The molecule has 0 spiro atoms. The van der Waals surface area contributed by atoms with Crippen molar-refractivity contribution in [2.45, 2.75) is 41.2 Å². The van der Waals surface area contributed by atoms with Gasteiger partial charge in [-0.1, -0.05) is 55.8 Å². The summed E-state index contributed by atoms with van der Waals surface area (Å²) in [5.74, 6) is 0.673. The van der Waals surface area contributed by atoms with E-state index in [0.717, 1.165) is 13.1 Å². The lowest BCUT2D eigenvalue weighted by molar-refractivity contribution is 0.252. The van der Waals surface area contributed by atoms with Crippen molar-refractivity contribution in [1.82, 2.24) is 5.32 Å². The maximum absolute atomic E-state index is 3.61.